The molecule has 0 bridgehead atoms. The van der Waals surface area contributed by atoms with Gasteiger partial charge in [0, 0.05) is 31.9 Å². The second-order valence-electron chi connectivity index (χ2n) is 9.24. The summed E-state index contributed by atoms with van der Waals surface area (Å²) in [7, 11) is 0. The van der Waals surface area contributed by atoms with Crippen molar-refractivity contribution < 1.29 is 31.9 Å². The lowest BCUT2D eigenvalue weighted by Crippen LogP contribution is -2.56. The first-order valence-corrected chi connectivity index (χ1v) is 12.5. The van der Waals surface area contributed by atoms with E-state index in [0.717, 1.165) is 21.0 Å². The molecule has 214 valence electrons. The van der Waals surface area contributed by atoms with Crippen molar-refractivity contribution in [1.82, 2.24) is 24.6 Å². The normalized spacial score (nSPS) is 21.6. The molecule has 0 spiro atoms. The van der Waals surface area contributed by atoms with Crippen LogP contribution in [0, 0.1) is 5.82 Å². The highest BCUT2D eigenvalue weighted by molar-refractivity contribution is 5.80. The van der Waals surface area contributed by atoms with Crippen molar-refractivity contribution in [1.29, 1.82) is 0 Å². The number of aromatic nitrogens is 4. The molecular weight excluding hydrogens is 530 g/mol. The molecule has 3 aliphatic rings. The number of carbonyl (C=O) groups is 1. The van der Waals surface area contributed by atoms with Crippen LogP contribution in [-0.2, 0) is 20.9 Å². The Kier molecular flexibility index (Phi) is 8.84. The van der Waals surface area contributed by atoms with Gasteiger partial charge in [-0.05, 0) is 26.2 Å². The van der Waals surface area contributed by atoms with Crippen molar-refractivity contribution in [3.63, 3.8) is 0 Å². The van der Waals surface area contributed by atoms with Crippen LogP contribution in [0.1, 0.15) is 26.2 Å². The molecule has 1 N–H and O–H groups in total. The number of H-pyrrole nitrogens is 1. The van der Waals surface area contributed by atoms with Crippen LogP contribution in [0.25, 0.3) is 0 Å². The van der Waals surface area contributed by atoms with Gasteiger partial charge in [-0.25, -0.2) is 10.0 Å². The number of rotatable bonds is 3. The number of amides is 1. The van der Waals surface area contributed by atoms with Gasteiger partial charge in [0.1, 0.15) is 12.6 Å². The van der Waals surface area contributed by atoms with Gasteiger partial charge in [-0.15, -0.1) is 0 Å². The van der Waals surface area contributed by atoms with E-state index >= 15 is 0 Å². The number of hydroxylamine groups is 2. The Bertz CT molecular complexity index is 1250. The number of carbonyl (C=O) groups excluding carboxylic acids is 1. The third-order valence-electron chi connectivity index (χ3n) is 6.53. The van der Waals surface area contributed by atoms with Gasteiger partial charge in [0.05, 0.1) is 32.2 Å². The smallest absolute Gasteiger partial charge is 0.377 e. The first kappa shape index (κ1) is 28.5. The van der Waals surface area contributed by atoms with Crippen molar-refractivity contribution >= 4 is 17.7 Å². The molecule has 2 aromatic rings. The standard InChI is InChI=1S/C19H25F4N5O4.C4H4N2O/c1-12-11-31-9-7-25(12)16-15(20)17(30)26-6-4-13(19(21,22)23)27(18(26)24-16)10-14(29)28-5-2-3-8-32-28;7-4-1-2-5-3-6-4/h12-13H,2-11H2,1H3;1-3H,(H,5,6,7)/t12-,13+;/m1./s1. The minimum atomic E-state index is -4.67. The third kappa shape index (κ3) is 6.55. The summed E-state index contributed by atoms with van der Waals surface area (Å²) < 4.78 is 62.7. The monoisotopic (exact) mass is 559 g/mol. The molecule has 5 rings (SSSR count). The zero-order valence-corrected chi connectivity index (χ0v) is 21.2. The van der Waals surface area contributed by atoms with Crippen LogP contribution in [0.15, 0.2) is 28.2 Å². The maximum atomic E-state index is 14.9. The Morgan fingerprint density at radius 1 is 1.18 bits per heavy atom. The average Bonchev–Trinajstić information content (AvgIpc) is 2.92. The second kappa shape index (κ2) is 12.1. The molecule has 2 aromatic heterocycles. The van der Waals surface area contributed by atoms with Crippen molar-refractivity contribution in [3.05, 3.63) is 45.1 Å². The number of anilines is 2. The fourth-order valence-corrected chi connectivity index (χ4v) is 4.55. The van der Waals surface area contributed by atoms with Gasteiger partial charge in [-0.1, -0.05) is 0 Å². The van der Waals surface area contributed by atoms with E-state index in [1.54, 1.807) is 6.92 Å². The molecule has 0 saturated carbocycles. The van der Waals surface area contributed by atoms with Crippen LogP contribution < -0.4 is 20.9 Å². The first-order valence-electron chi connectivity index (χ1n) is 12.5. The number of nitrogens with zero attached hydrogens (tertiary/aromatic N) is 6. The van der Waals surface area contributed by atoms with E-state index in [4.69, 9.17) is 9.57 Å². The Balaban J connectivity index is 0.000000438. The molecule has 0 unspecified atom stereocenters. The summed E-state index contributed by atoms with van der Waals surface area (Å²) in [6, 6.07) is -1.00. The van der Waals surface area contributed by atoms with Crippen LogP contribution in [0.4, 0.5) is 29.3 Å². The molecule has 3 aliphatic heterocycles. The highest BCUT2D eigenvalue weighted by Gasteiger charge is 2.48. The fraction of sp³-hybridized carbons (Fsp3) is 0.609. The molecule has 2 saturated heterocycles. The number of halogens is 4. The van der Waals surface area contributed by atoms with Crippen molar-refractivity contribution in [2.45, 2.75) is 51.0 Å². The van der Waals surface area contributed by atoms with Gasteiger partial charge >= 0.3 is 6.18 Å². The quantitative estimate of drug-likeness (QED) is 0.550. The lowest BCUT2D eigenvalue weighted by Gasteiger charge is -2.40. The highest BCUT2D eigenvalue weighted by Crippen LogP contribution is 2.35. The van der Waals surface area contributed by atoms with Crippen molar-refractivity contribution in [2.75, 3.05) is 49.3 Å². The van der Waals surface area contributed by atoms with Gasteiger partial charge in [-0.2, -0.15) is 22.5 Å². The Labute approximate surface area is 220 Å². The Hall–Kier alpha value is -3.53. The Morgan fingerprint density at radius 3 is 2.56 bits per heavy atom. The molecule has 0 aromatic carbocycles. The summed E-state index contributed by atoms with van der Waals surface area (Å²) in [5.74, 6) is -2.50. The predicted molar refractivity (Wildman–Crippen MR) is 130 cm³/mol. The number of hydrogen-bond acceptors (Lipinski definition) is 9. The lowest BCUT2D eigenvalue weighted by atomic mass is 10.1. The van der Waals surface area contributed by atoms with Gasteiger partial charge in [0.2, 0.25) is 11.8 Å². The molecule has 0 aliphatic carbocycles. The first-order chi connectivity index (χ1) is 18.6. The summed E-state index contributed by atoms with van der Waals surface area (Å²) in [6.45, 7) is 2.02. The minimum Gasteiger partial charge on any atom is -0.377 e. The molecule has 39 heavy (non-hydrogen) atoms. The van der Waals surface area contributed by atoms with Crippen LogP contribution >= 0.6 is 0 Å². The molecule has 1 amide bonds. The lowest BCUT2D eigenvalue weighted by molar-refractivity contribution is -0.196. The molecular formula is C23H29F4N7O5. The minimum absolute atomic E-state index is 0.116. The average molecular weight is 560 g/mol. The zero-order valence-electron chi connectivity index (χ0n) is 21.2. The summed E-state index contributed by atoms with van der Waals surface area (Å²) in [4.78, 5) is 53.3. The van der Waals surface area contributed by atoms with E-state index in [9.17, 15) is 31.9 Å². The molecule has 2 atom stereocenters. The zero-order chi connectivity index (χ0) is 28.2. The molecule has 0 radical (unpaired) electrons. The molecule has 2 fully saturated rings. The van der Waals surface area contributed by atoms with E-state index in [1.807, 2.05) is 0 Å². The van der Waals surface area contributed by atoms with E-state index in [2.05, 4.69) is 15.0 Å². The molecule has 12 nitrogen and oxygen atoms in total. The van der Waals surface area contributed by atoms with E-state index in [-0.39, 0.29) is 56.2 Å². The van der Waals surface area contributed by atoms with Crippen molar-refractivity contribution in [2.24, 2.45) is 0 Å². The van der Waals surface area contributed by atoms with Gasteiger partial charge < -0.3 is 19.5 Å². The number of nitrogens with one attached hydrogen (secondary N) is 1. The van der Waals surface area contributed by atoms with E-state index < -0.39 is 42.5 Å². The Morgan fingerprint density at radius 2 is 1.97 bits per heavy atom. The van der Waals surface area contributed by atoms with Gasteiger partial charge in [-0.3, -0.25) is 23.8 Å². The van der Waals surface area contributed by atoms with Crippen LogP contribution in [-0.4, -0.2) is 88.2 Å². The largest absolute Gasteiger partial charge is 0.408 e. The number of fused-ring (bicyclic) bond motifs is 1. The molecule has 5 heterocycles. The maximum absolute atomic E-state index is 14.9. The highest BCUT2D eigenvalue weighted by atomic mass is 19.4. The molecule has 16 heteroatoms. The number of morpholine rings is 1. The third-order valence-corrected chi connectivity index (χ3v) is 6.53. The van der Waals surface area contributed by atoms with E-state index in [1.165, 1.54) is 23.5 Å². The fourth-order valence-electron chi connectivity index (χ4n) is 4.55. The van der Waals surface area contributed by atoms with Crippen LogP contribution in [0.5, 0.6) is 0 Å². The summed E-state index contributed by atoms with van der Waals surface area (Å²) in [5, 5.41) is 1.04. The number of hydrogen-bond donors (Lipinski definition) is 1. The van der Waals surface area contributed by atoms with Crippen molar-refractivity contribution in [3.8, 4) is 0 Å². The van der Waals surface area contributed by atoms with Gasteiger partial charge in [0.25, 0.3) is 17.0 Å². The number of aromatic amines is 1. The maximum Gasteiger partial charge on any atom is 0.408 e. The topological polar surface area (TPSA) is 126 Å². The summed E-state index contributed by atoms with van der Waals surface area (Å²) >= 11 is 0. The van der Waals surface area contributed by atoms with E-state index in [0.29, 0.717) is 13.0 Å². The number of alkyl halides is 3. The summed E-state index contributed by atoms with van der Waals surface area (Å²) in [6.07, 6.45) is -0.960. The van der Waals surface area contributed by atoms with Crippen LogP contribution in [0.3, 0.4) is 0 Å². The SMILES string of the molecule is C[C@@H]1COCCN1c1nc2n(c(=O)c1F)CC[C@@H](C(F)(F)F)N2CC(=O)N1CCCCO1.O=c1ccnc[nH]1. The van der Waals surface area contributed by atoms with Crippen LogP contribution in [0.2, 0.25) is 0 Å². The van der Waals surface area contributed by atoms with Gasteiger partial charge in [0.15, 0.2) is 5.82 Å². The number of ether oxygens (including phenoxy) is 1. The predicted octanol–water partition coefficient (Wildman–Crippen LogP) is 1.07. The second-order valence-corrected chi connectivity index (χ2v) is 9.24. The summed E-state index contributed by atoms with van der Waals surface area (Å²) in [5.41, 5.74) is -1.18.